The molecule has 4 rings (SSSR count). The fourth-order valence-electron chi connectivity index (χ4n) is 5.35. The number of halogens is 1. The molecule has 1 aromatic carbocycles. The largest absolute Gasteiger partial charge is 0.482 e. The van der Waals surface area contributed by atoms with Gasteiger partial charge in [-0.3, -0.25) is 19.5 Å². The molecule has 0 bridgehead atoms. The Kier molecular flexibility index (Phi) is 11.3. The van der Waals surface area contributed by atoms with Crippen LogP contribution in [-0.4, -0.2) is 82.0 Å². The summed E-state index contributed by atoms with van der Waals surface area (Å²) in [7, 11) is 0. The van der Waals surface area contributed by atoms with E-state index in [9.17, 15) is 18.8 Å². The zero-order chi connectivity index (χ0) is 35.2. The number of aromatic nitrogens is 2. The minimum absolute atomic E-state index is 0.132. The first-order valence-corrected chi connectivity index (χ1v) is 15.8. The monoisotopic (exact) mass is 659 g/mol. The van der Waals surface area contributed by atoms with Crippen molar-refractivity contribution in [1.82, 2.24) is 25.1 Å². The predicted molar refractivity (Wildman–Crippen MR) is 177 cm³/mol. The van der Waals surface area contributed by atoms with Gasteiger partial charge >= 0.3 is 6.09 Å². The van der Waals surface area contributed by atoms with Crippen LogP contribution in [0.3, 0.4) is 0 Å². The third-order valence-corrected chi connectivity index (χ3v) is 7.71. The van der Waals surface area contributed by atoms with Crippen LogP contribution < -0.4 is 15.4 Å². The van der Waals surface area contributed by atoms with E-state index in [1.807, 2.05) is 33.8 Å². The van der Waals surface area contributed by atoms with Crippen LogP contribution in [0.5, 0.6) is 5.75 Å². The van der Waals surface area contributed by atoms with E-state index in [0.717, 1.165) is 6.20 Å². The molecule has 3 aromatic rings. The summed E-state index contributed by atoms with van der Waals surface area (Å²) >= 11 is 0. The zero-order valence-corrected chi connectivity index (χ0v) is 28.4. The van der Waals surface area contributed by atoms with Crippen molar-refractivity contribution in [3.63, 3.8) is 0 Å². The first-order valence-electron chi connectivity index (χ1n) is 15.8. The lowest BCUT2D eigenvalue weighted by Gasteiger charge is -2.41. The molecule has 0 radical (unpaired) electrons. The molecular weight excluding hydrogens is 617 g/mol. The number of piperazine rings is 1. The van der Waals surface area contributed by atoms with Gasteiger partial charge in [0.05, 0.1) is 23.0 Å². The van der Waals surface area contributed by atoms with E-state index in [1.165, 1.54) is 24.4 Å². The molecule has 0 aliphatic carbocycles. The summed E-state index contributed by atoms with van der Waals surface area (Å²) in [5.74, 6) is -0.919. The molecule has 3 heterocycles. The van der Waals surface area contributed by atoms with Crippen molar-refractivity contribution in [1.29, 1.82) is 5.26 Å². The van der Waals surface area contributed by atoms with Crippen molar-refractivity contribution in [3.8, 4) is 11.8 Å². The normalized spacial score (nSPS) is 15.6. The molecule has 254 valence electrons. The van der Waals surface area contributed by atoms with Gasteiger partial charge in [-0.1, -0.05) is 0 Å². The Hall–Kier alpha value is -5.09. The summed E-state index contributed by atoms with van der Waals surface area (Å²) in [6.07, 6.45) is 1.37. The number of aryl methyl sites for hydroxylation is 2. The smallest absolute Gasteiger partial charge is 0.410 e. The standard InChI is InChI=1S/C35H42FN7O5/c1-8-38-32(44)27-15-26(33(45)41-31-22(3)13-24(16-37)17-40-31)21(2)14-29(27)47-30(28-10-9-25(36)18-39-28)20-42-11-12-43(23(4)19-42)34(46)48-35(5,6)7/h9-10,13-15,17-18,23,30H,8,11-12,19-20H2,1-7H3,(H,38,44)(H,40,41,45)/t23-,30?/m1/s1. The summed E-state index contributed by atoms with van der Waals surface area (Å²) in [5.41, 5.74) is 1.71. The molecule has 2 N–H and O–H groups in total. The first kappa shape index (κ1) is 35.8. The number of carbonyl (C=O) groups excluding carboxylic acids is 3. The zero-order valence-electron chi connectivity index (χ0n) is 28.4. The molecule has 2 aromatic heterocycles. The van der Waals surface area contributed by atoms with Crippen molar-refractivity contribution >= 4 is 23.7 Å². The van der Waals surface area contributed by atoms with Gasteiger partial charge in [-0.05, 0) is 89.9 Å². The first-order chi connectivity index (χ1) is 22.7. The third-order valence-electron chi connectivity index (χ3n) is 7.71. The molecule has 0 spiro atoms. The third kappa shape index (κ3) is 9.04. The van der Waals surface area contributed by atoms with Crippen LogP contribution in [0.15, 0.2) is 42.7 Å². The molecule has 1 saturated heterocycles. The van der Waals surface area contributed by atoms with Crippen molar-refractivity contribution in [3.05, 3.63) is 82.1 Å². The maximum atomic E-state index is 13.9. The molecule has 0 saturated carbocycles. The topological polar surface area (TPSA) is 150 Å². The number of rotatable bonds is 9. The quantitative estimate of drug-likeness (QED) is 0.317. The second-order valence-corrected chi connectivity index (χ2v) is 12.8. The highest BCUT2D eigenvalue weighted by Gasteiger charge is 2.33. The highest BCUT2D eigenvalue weighted by atomic mass is 19.1. The minimum Gasteiger partial charge on any atom is -0.482 e. The predicted octanol–water partition coefficient (Wildman–Crippen LogP) is 5.17. The molecule has 48 heavy (non-hydrogen) atoms. The summed E-state index contributed by atoms with van der Waals surface area (Å²) in [6.45, 7) is 14.8. The fraction of sp³-hybridized carbons (Fsp3) is 0.429. The van der Waals surface area contributed by atoms with E-state index < -0.39 is 29.3 Å². The van der Waals surface area contributed by atoms with Gasteiger partial charge < -0.3 is 25.0 Å². The number of hydrogen-bond acceptors (Lipinski definition) is 9. The van der Waals surface area contributed by atoms with Gasteiger partial charge in [0.15, 0.2) is 6.10 Å². The lowest BCUT2D eigenvalue weighted by Crippen LogP contribution is -2.55. The summed E-state index contributed by atoms with van der Waals surface area (Å²) in [4.78, 5) is 51.9. The molecule has 1 aliphatic heterocycles. The molecule has 1 fully saturated rings. The van der Waals surface area contributed by atoms with Crippen molar-refractivity contribution in [2.75, 3.05) is 38.0 Å². The number of benzene rings is 1. The Balaban J connectivity index is 1.63. The number of nitriles is 1. The minimum atomic E-state index is -0.733. The molecular formula is C35H42FN7O5. The number of amides is 3. The number of carbonyl (C=O) groups is 3. The van der Waals surface area contributed by atoms with E-state index >= 15 is 0 Å². The second-order valence-electron chi connectivity index (χ2n) is 12.8. The Bertz CT molecular complexity index is 1700. The van der Waals surface area contributed by atoms with Gasteiger partial charge in [0.1, 0.15) is 29.1 Å². The van der Waals surface area contributed by atoms with E-state index in [-0.39, 0.29) is 29.0 Å². The number of pyridine rings is 2. The Labute approximate surface area is 280 Å². The molecule has 3 amide bonds. The molecule has 1 aliphatic rings. The molecule has 1 unspecified atom stereocenters. The van der Waals surface area contributed by atoms with Gasteiger partial charge in [0.2, 0.25) is 0 Å². The number of anilines is 1. The van der Waals surface area contributed by atoms with E-state index in [4.69, 9.17) is 14.7 Å². The van der Waals surface area contributed by atoms with E-state index in [0.29, 0.717) is 60.9 Å². The van der Waals surface area contributed by atoms with Crippen molar-refractivity contribution in [2.45, 2.75) is 66.2 Å². The van der Waals surface area contributed by atoms with E-state index in [2.05, 4.69) is 25.5 Å². The Morgan fingerprint density at radius 3 is 2.42 bits per heavy atom. The summed E-state index contributed by atoms with van der Waals surface area (Å²) in [6, 6.07) is 9.41. The number of nitrogens with one attached hydrogen (secondary N) is 2. The number of nitrogens with zero attached hydrogens (tertiary/aromatic N) is 5. The molecule has 2 atom stereocenters. The van der Waals surface area contributed by atoms with Crippen molar-refractivity contribution in [2.24, 2.45) is 0 Å². The van der Waals surface area contributed by atoms with Gasteiger partial charge in [-0.25, -0.2) is 14.2 Å². The van der Waals surface area contributed by atoms with Crippen LogP contribution in [0.25, 0.3) is 0 Å². The van der Waals surface area contributed by atoms with Gasteiger partial charge in [-0.15, -0.1) is 0 Å². The Morgan fingerprint density at radius 1 is 1.06 bits per heavy atom. The molecule has 13 heteroatoms. The summed E-state index contributed by atoms with van der Waals surface area (Å²) < 4.78 is 26.0. The van der Waals surface area contributed by atoms with Crippen LogP contribution in [0.1, 0.15) is 83.8 Å². The van der Waals surface area contributed by atoms with Crippen LogP contribution in [0.4, 0.5) is 15.0 Å². The highest BCUT2D eigenvalue weighted by molar-refractivity contribution is 6.07. The van der Waals surface area contributed by atoms with Crippen LogP contribution in [-0.2, 0) is 4.74 Å². The lowest BCUT2D eigenvalue weighted by atomic mass is 10.0. The Morgan fingerprint density at radius 2 is 1.81 bits per heavy atom. The van der Waals surface area contributed by atoms with Crippen LogP contribution in [0.2, 0.25) is 0 Å². The average molecular weight is 660 g/mol. The van der Waals surface area contributed by atoms with Gasteiger partial charge in [-0.2, -0.15) is 5.26 Å². The average Bonchev–Trinajstić information content (AvgIpc) is 3.01. The van der Waals surface area contributed by atoms with Crippen LogP contribution in [0, 0.1) is 31.0 Å². The van der Waals surface area contributed by atoms with Crippen LogP contribution >= 0.6 is 0 Å². The highest BCUT2D eigenvalue weighted by Crippen LogP contribution is 2.30. The van der Waals surface area contributed by atoms with E-state index in [1.54, 1.807) is 37.8 Å². The summed E-state index contributed by atoms with van der Waals surface area (Å²) in [5, 5.41) is 14.7. The lowest BCUT2D eigenvalue weighted by molar-refractivity contribution is -0.00317. The fourth-order valence-corrected chi connectivity index (χ4v) is 5.35. The van der Waals surface area contributed by atoms with Gasteiger partial charge in [0, 0.05) is 50.5 Å². The van der Waals surface area contributed by atoms with Gasteiger partial charge in [0.25, 0.3) is 11.8 Å². The maximum absolute atomic E-state index is 13.9. The van der Waals surface area contributed by atoms with Crippen molar-refractivity contribution < 1.29 is 28.2 Å². The number of ether oxygens (including phenoxy) is 2. The molecule has 12 nitrogen and oxygen atoms in total. The maximum Gasteiger partial charge on any atom is 0.410 e. The SMILES string of the molecule is CCNC(=O)c1cc(C(=O)Nc2ncc(C#N)cc2C)c(C)cc1OC(CN1CCN(C(=O)OC(C)(C)C)[C@H](C)C1)c1ccc(F)cn1. The number of hydrogen-bond donors (Lipinski definition) is 2. The second kappa shape index (κ2) is 15.2.